The van der Waals surface area contributed by atoms with Crippen LogP contribution >= 0.6 is 11.6 Å². The van der Waals surface area contributed by atoms with Crippen LogP contribution < -0.4 is 10.9 Å². The number of nitrogens with zero attached hydrogens (tertiary/aromatic N) is 2. The molecule has 0 atom stereocenters. The van der Waals surface area contributed by atoms with Crippen LogP contribution in [0.3, 0.4) is 0 Å². The number of benzene rings is 2. The molecule has 3 aromatic rings. The van der Waals surface area contributed by atoms with Crippen molar-refractivity contribution in [3.05, 3.63) is 69.5 Å². The first-order valence-corrected chi connectivity index (χ1v) is 7.69. The van der Waals surface area contributed by atoms with Crippen LogP contribution in [-0.4, -0.2) is 27.2 Å². The number of halogens is 2. The van der Waals surface area contributed by atoms with Gasteiger partial charge >= 0.3 is 0 Å². The van der Waals surface area contributed by atoms with E-state index in [4.69, 9.17) is 16.7 Å². The van der Waals surface area contributed by atoms with Gasteiger partial charge in [-0.15, -0.1) is 0 Å². The van der Waals surface area contributed by atoms with Crippen molar-refractivity contribution in [2.24, 2.45) is 0 Å². The number of rotatable bonds is 4. The summed E-state index contributed by atoms with van der Waals surface area (Å²) in [6, 6.07) is 8.97. The molecule has 0 fully saturated rings. The van der Waals surface area contributed by atoms with Gasteiger partial charge in [-0.1, -0.05) is 17.7 Å². The lowest BCUT2D eigenvalue weighted by atomic mass is 10.2. The van der Waals surface area contributed by atoms with Gasteiger partial charge in [-0.25, -0.2) is 9.37 Å². The van der Waals surface area contributed by atoms with E-state index in [9.17, 15) is 14.0 Å². The van der Waals surface area contributed by atoms with Gasteiger partial charge in [0.05, 0.1) is 28.8 Å². The predicted molar refractivity (Wildman–Crippen MR) is 92.2 cm³/mol. The van der Waals surface area contributed by atoms with Crippen molar-refractivity contribution in [1.29, 1.82) is 0 Å². The Morgan fingerprint density at radius 1 is 1.28 bits per heavy atom. The minimum Gasteiger partial charge on any atom is -0.387 e. The van der Waals surface area contributed by atoms with E-state index >= 15 is 0 Å². The van der Waals surface area contributed by atoms with Gasteiger partial charge in [-0.2, -0.15) is 0 Å². The lowest BCUT2D eigenvalue weighted by Gasteiger charge is -2.09. The highest BCUT2D eigenvalue weighted by atomic mass is 35.5. The minimum atomic E-state index is -0.655. The Bertz CT molecular complexity index is 1020. The highest BCUT2D eigenvalue weighted by molar-refractivity contribution is 6.30. The second-order valence-corrected chi connectivity index (χ2v) is 5.77. The normalized spacial score (nSPS) is 10.8. The Kier molecular flexibility index (Phi) is 4.78. The number of amides is 1. The topological polar surface area (TPSA) is 84.2 Å². The zero-order valence-corrected chi connectivity index (χ0v) is 13.6. The monoisotopic (exact) mass is 361 g/mol. The van der Waals surface area contributed by atoms with Crippen LogP contribution in [0.1, 0.15) is 5.56 Å². The summed E-state index contributed by atoms with van der Waals surface area (Å²) in [5.41, 5.74) is 1.07. The van der Waals surface area contributed by atoms with Crippen molar-refractivity contribution in [2.45, 2.75) is 6.54 Å². The van der Waals surface area contributed by atoms with E-state index in [1.807, 2.05) is 0 Å². The number of hydrogen-bond donors (Lipinski definition) is 2. The van der Waals surface area contributed by atoms with Crippen LogP contribution in [0, 0.1) is 5.82 Å². The van der Waals surface area contributed by atoms with E-state index in [1.165, 1.54) is 29.1 Å². The van der Waals surface area contributed by atoms with Crippen molar-refractivity contribution in [3.63, 3.8) is 0 Å². The molecule has 2 N–H and O–H groups in total. The fraction of sp³-hybridized carbons (Fsp3) is 0.118. The molecule has 0 unspecified atom stereocenters. The molecule has 3 rings (SSSR count). The molecule has 0 aliphatic heterocycles. The van der Waals surface area contributed by atoms with Gasteiger partial charge in [0.25, 0.3) is 5.56 Å². The number of anilines is 1. The van der Waals surface area contributed by atoms with Gasteiger partial charge in [0, 0.05) is 5.69 Å². The molecule has 0 aliphatic carbocycles. The molecule has 8 heteroatoms. The first kappa shape index (κ1) is 17.1. The van der Waals surface area contributed by atoms with Crippen molar-refractivity contribution in [1.82, 2.24) is 9.55 Å². The van der Waals surface area contributed by atoms with E-state index in [0.717, 1.165) is 0 Å². The summed E-state index contributed by atoms with van der Waals surface area (Å²) >= 11 is 5.66. The Morgan fingerprint density at radius 3 is 2.80 bits per heavy atom. The Morgan fingerprint density at radius 2 is 2.08 bits per heavy atom. The van der Waals surface area contributed by atoms with Crippen LogP contribution in [0.5, 0.6) is 0 Å². The number of hydrogen-bond acceptors (Lipinski definition) is 4. The number of aliphatic hydroxyl groups is 1. The van der Waals surface area contributed by atoms with Crippen molar-refractivity contribution in [2.75, 3.05) is 11.9 Å². The van der Waals surface area contributed by atoms with Crippen LogP contribution in [0.25, 0.3) is 10.9 Å². The molecule has 1 aromatic heterocycles. The second kappa shape index (κ2) is 7.00. The van der Waals surface area contributed by atoms with Crippen LogP contribution in [-0.2, 0) is 11.3 Å². The Labute approximate surface area is 146 Å². The molecule has 1 amide bonds. The van der Waals surface area contributed by atoms with Gasteiger partial charge in [0.15, 0.2) is 0 Å². The van der Waals surface area contributed by atoms with Gasteiger partial charge < -0.3 is 10.4 Å². The standard InChI is InChI=1S/C17H13ClFN3O3/c18-13-3-1-10(5-14(13)19)7-22-9-20-15-4-2-11(21-16(24)8-23)6-12(15)17(22)25/h1-6,9,23H,7-8H2,(H,21,24). The summed E-state index contributed by atoms with van der Waals surface area (Å²) in [7, 11) is 0. The molecule has 0 bridgehead atoms. The van der Waals surface area contributed by atoms with Crippen molar-refractivity contribution < 1.29 is 14.3 Å². The van der Waals surface area contributed by atoms with Crippen LogP contribution in [0.2, 0.25) is 5.02 Å². The molecule has 25 heavy (non-hydrogen) atoms. The third-order valence-corrected chi connectivity index (χ3v) is 3.89. The maximum absolute atomic E-state index is 13.5. The maximum atomic E-state index is 13.5. The van der Waals surface area contributed by atoms with Crippen LogP contribution in [0.4, 0.5) is 10.1 Å². The number of aliphatic hydroxyl groups excluding tert-OH is 1. The average molecular weight is 362 g/mol. The zero-order chi connectivity index (χ0) is 18.0. The molecule has 1 heterocycles. The first-order valence-electron chi connectivity index (χ1n) is 7.32. The molecular weight excluding hydrogens is 349 g/mol. The summed E-state index contributed by atoms with van der Waals surface area (Å²) in [4.78, 5) is 28.1. The summed E-state index contributed by atoms with van der Waals surface area (Å²) in [5.74, 6) is -1.14. The summed E-state index contributed by atoms with van der Waals surface area (Å²) in [5, 5.41) is 11.6. The molecule has 0 radical (unpaired) electrons. The molecule has 0 saturated carbocycles. The molecule has 0 spiro atoms. The number of nitrogens with one attached hydrogen (secondary N) is 1. The number of aromatic nitrogens is 2. The van der Waals surface area contributed by atoms with Crippen molar-refractivity contribution >= 4 is 34.1 Å². The second-order valence-electron chi connectivity index (χ2n) is 5.36. The summed E-state index contributed by atoms with van der Waals surface area (Å²) in [6.07, 6.45) is 1.38. The van der Waals surface area contributed by atoms with E-state index in [1.54, 1.807) is 18.2 Å². The van der Waals surface area contributed by atoms with E-state index in [2.05, 4.69) is 10.3 Å². The van der Waals surface area contributed by atoms with Gasteiger partial charge in [0.2, 0.25) is 5.91 Å². The quantitative estimate of drug-likeness (QED) is 0.746. The first-order chi connectivity index (χ1) is 12.0. The lowest BCUT2D eigenvalue weighted by molar-refractivity contribution is -0.118. The third-order valence-electron chi connectivity index (χ3n) is 3.59. The smallest absolute Gasteiger partial charge is 0.261 e. The molecule has 0 aliphatic rings. The highest BCUT2D eigenvalue weighted by Crippen LogP contribution is 2.17. The summed E-state index contributed by atoms with van der Waals surface area (Å²) in [6.45, 7) is -0.527. The zero-order valence-electron chi connectivity index (χ0n) is 12.9. The molecule has 128 valence electrons. The molecule has 2 aromatic carbocycles. The fourth-order valence-electron chi connectivity index (χ4n) is 2.38. The molecule has 6 nitrogen and oxygen atoms in total. The summed E-state index contributed by atoms with van der Waals surface area (Å²) < 4.78 is 14.9. The van der Waals surface area contributed by atoms with Crippen LogP contribution in [0.15, 0.2) is 47.5 Å². The number of carbonyl (C=O) groups is 1. The Hall–Kier alpha value is -2.77. The minimum absolute atomic E-state index is 0.0111. The number of fused-ring (bicyclic) bond motifs is 1. The number of carbonyl (C=O) groups excluding carboxylic acids is 1. The predicted octanol–water partition coefficient (Wildman–Crippen LogP) is 2.17. The third kappa shape index (κ3) is 3.67. The van der Waals surface area contributed by atoms with E-state index < -0.39 is 18.3 Å². The van der Waals surface area contributed by atoms with Gasteiger partial charge in [-0.05, 0) is 35.9 Å². The SMILES string of the molecule is O=C(CO)Nc1ccc2ncn(Cc3ccc(Cl)c(F)c3)c(=O)c2c1. The van der Waals surface area contributed by atoms with E-state index in [-0.39, 0.29) is 17.1 Å². The largest absolute Gasteiger partial charge is 0.387 e. The average Bonchev–Trinajstić information content (AvgIpc) is 2.61. The highest BCUT2D eigenvalue weighted by Gasteiger charge is 2.08. The van der Waals surface area contributed by atoms with E-state index in [0.29, 0.717) is 22.2 Å². The lowest BCUT2D eigenvalue weighted by Crippen LogP contribution is -2.21. The van der Waals surface area contributed by atoms with Crippen molar-refractivity contribution in [3.8, 4) is 0 Å². The fourth-order valence-corrected chi connectivity index (χ4v) is 2.50. The maximum Gasteiger partial charge on any atom is 0.261 e. The van der Waals surface area contributed by atoms with Gasteiger partial charge in [0.1, 0.15) is 12.4 Å². The molecular formula is C17H13ClFN3O3. The van der Waals surface area contributed by atoms with Gasteiger partial charge in [-0.3, -0.25) is 14.2 Å². The Balaban J connectivity index is 1.98. The molecule has 0 saturated heterocycles.